The summed E-state index contributed by atoms with van der Waals surface area (Å²) in [5, 5.41) is 3.60. The van der Waals surface area contributed by atoms with Crippen molar-refractivity contribution in [1.82, 2.24) is 0 Å². The van der Waals surface area contributed by atoms with Crippen LogP contribution in [0.5, 0.6) is 5.75 Å². The second-order valence-corrected chi connectivity index (χ2v) is 12.0. The van der Waals surface area contributed by atoms with Gasteiger partial charge in [-0.3, -0.25) is 14.4 Å². The molecule has 6 nitrogen and oxygen atoms in total. The van der Waals surface area contributed by atoms with Crippen molar-refractivity contribution < 1.29 is 19.1 Å². The Morgan fingerprint density at radius 1 is 0.929 bits per heavy atom. The molecule has 1 N–H and O–H groups in total. The summed E-state index contributed by atoms with van der Waals surface area (Å²) < 4.78 is 6.15. The number of carbonyl (C=O) groups excluding carboxylic acids is 3. The van der Waals surface area contributed by atoms with E-state index in [0.717, 1.165) is 15.7 Å². The molecule has 3 heterocycles. The molecule has 3 aliphatic heterocycles. The molecular weight excluding hydrogens is 616 g/mol. The molecule has 0 bridgehead atoms. The lowest BCUT2D eigenvalue weighted by Gasteiger charge is -2.37. The molecule has 0 radical (unpaired) electrons. The first kappa shape index (κ1) is 26.7. The summed E-state index contributed by atoms with van der Waals surface area (Å²) in [5.74, 6) is -1.30. The molecule has 1 amide bonds. The number of nitrogens with one attached hydrogen (secondary N) is 1. The van der Waals surface area contributed by atoms with Crippen molar-refractivity contribution in [3.63, 3.8) is 0 Å². The summed E-state index contributed by atoms with van der Waals surface area (Å²) in [4.78, 5) is 45.9. The highest BCUT2D eigenvalue weighted by molar-refractivity contribution is 9.10. The van der Waals surface area contributed by atoms with Crippen LogP contribution >= 0.6 is 27.5 Å². The smallest absolute Gasteiger partial charge is 0.238 e. The minimum absolute atomic E-state index is 0.246. The molecule has 4 aromatic rings. The molecule has 3 aliphatic rings. The summed E-state index contributed by atoms with van der Waals surface area (Å²) in [5.41, 5.74) is 2.36. The van der Waals surface area contributed by atoms with E-state index in [4.69, 9.17) is 16.3 Å². The molecule has 1 saturated heterocycles. The standard InChI is InChI=1S/C34H24BrClN2O4/c1-42-24-14-8-19(9-15-24)31(39)29-30(32(40)20-6-11-22(35)12-7-20)38-27-16-13-23(36)18-21(27)10-17-28(38)34(29)25-4-2-3-5-26(25)37-33(34)41/h2-18,28-30H,1H3,(H,37,41)/t28-,29+,30-,34-/m1/s1. The van der Waals surface area contributed by atoms with Crippen LogP contribution in [-0.2, 0) is 10.2 Å². The first-order chi connectivity index (χ1) is 20.3. The fourth-order valence-electron chi connectivity index (χ4n) is 6.87. The Labute approximate surface area is 256 Å². The van der Waals surface area contributed by atoms with Crippen molar-refractivity contribution in [3.8, 4) is 5.75 Å². The van der Waals surface area contributed by atoms with Crippen LogP contribution in [0.4, 0.5) is 11.4 Å². The van der Waals surface area contributed by atoms with Gasteiger partial charge in [0.1, 0.15) is 17.2 Å². The number of fused-ring (bicyclic) bond motifs is 6. The number of nitrogens with zero attached hydrogens (tertiary/aromatic N) is 1. The largest absolute Gasteiger partial charge is 0.497 e. The van der Waals surface area contributed by atoms with Crippen LogP contribution in [0.15, 0.2) is 102 Å². The Morgan fingerprint density at radius 2 is 1.62 bits per heavy atom. The summed E-state index contributed by atoms with van der Waals surface area (Å²) in [6.45, 7) is 0. The predicted octanol–water partition coefficient (Wildman–Crippen LogP) is 6.97. The molecule has 7 rings (SSSR count). The van der Waals surface area contributed by atoms with E-state index in [1.54, 1.807) is 61.7 Å². The highest BCUT2D eigenvalue weighted by Crippen LogP contribution is 2.58. The summed E-state index contributed by atoms with van der Waals surface area (Å²) in [6, 6.07) is 25.2. The van der Waals surface area contributed by atoms with Gasteiger partial charge in [0.05, 0.1) is 19.1 Å². The number of amides is 1. The topological polar surface area (TPSA) is 75.7 Å². The molecule has 8 heteroatoms. The average Bonchev–Trinajstić information content (AvgIpc) is 3.49. The lowest BCUT2D eigenvalue weighted by Crippen LogP contribution is -2.51. The van der Waals surface area contributed by atoms with E-state index in [0.29, 0.717) is 33.1 Å². The average molecular weight is 640 g/mol. The SMILES string of the molecule is COc1ccc(C(=O)[C@@H]2[C@H](C(=O)c3ccc(Br)cc3)N3c4ccc(Cl)cc4C=C[C@@H]3[C@@]23C(=O)Nc2ccccc23)cc1. The minimum Gasteiger partial charge on any atom is -0.497 e. The number of ether oxygens (including phenoxy) is 1. The summed E-state index contributed by atoms with van der Waals surface area (Å²) in [7, 11) is 1.56. The maximum atomic E-state index is 14.8. The predicted molar refractivity (Wildman–Crippen MR) is 167 cm³/mol. The normalized spacial score (nSPS) is 23.3. The molecule has 0 aliphatic carbocycles. The number of halogens is 2. The lowest BCUT2D eigenvalue weighted by molar-refractivity contribution is -0.121. The fraction of sp³-hybridized carbons (Fsp3) is 0.147. The van der Waals surface area contributed by atoms with Crippen LogP contribution in [0.25, 0.3) is 6.08 Å². The van der Waals surface area contributed by atoms with Crippen LogP contribution in [-0.4, -0.2) is 36.7 Å². The van der Waals surface area contributed by atoms with Gasteiger partial charge < -0.3 is 15.0 Å². The van der Waals surface area contributed by atoms with Gasteiger partial charge in [-0.25, -0.2) is 0 Å². The van der Waals surface area contributed by atoms with Gasteiger partial charge in [0, 0.05) is 32.0 Å². The molecule has 4 aromatic carbocycles. The van der Waals surface area contributed by atoms with Crippen LogP contribution in [0.3, 0.4) is 0 Å². The van der Waals surface area contributed by atoms with E-state index in [1.807, 2.05) is 53.5 Å². The van der Waals surface area contributed by atoms with E-state index < -0.39 is 23.4 Å². The van der Waals surface area contributed by atoms with E-state index in [9.17, 15) is 14.4 Å². The quantitative estimate of drug-likeness (QED) is 0.239. The van der Waals surface area contributed by atoms with Crippen molar-refractivity contribution >= 4 is 62.5 Å². The zero-order chi connectivity index (χ0) is 29.2. The Balaban J connectivity index is 1.52. The fourth-order valence-corrected chi connectivity index (χ4v) is 7.31. The number of hydrogen-bond donors (Lipinski definition) is 1. The zero-order valence-corrected chi connectivity index (χ0v) is 24.7. The Bertz CT molecular complexity index is 1800. The number of ketones is 2. The van der Waals surface area contributed by atoms with Gasteiger partial charge in [0.15, 0.2) is 11.6 Å². The monoisotopic (exact) mass is 638 g/mol. The van der Waals surface area contributed by atoms with Gasteiger partial charge in [-0.1, -0.05) is 70.0 Å². The number of anilines is 2. The van der Waals surface area contributed by atoms with Gasteiger partial charge in [-0.15, -0.1) is 0 Å². The molecule has 1 spiro atoms. The number of carbonyl (C=O) groups is 3. The number of methoxy groups -OCH3 is 1. The van der Waals surface area contributed by atoms with E-state index in [2.05, 4.69) is 21.2 Å². The van der Waals surface area contributed by atoms with Crippen molar-refractivity contribution in [1.29, 1.82) is 0 Å². The molecule has 4 atom stereocenters. The van der Waals surface area contributed by atoms with Gasteiger partial charge >= 0.3 is 0 Å². The first-order valence-electron chi connectivity index (χ1n) is 13.5. The second kappa shape index (κ2) is 9.96. The first-order valence-corrected chi connectivity index (χ1v) is 14.7. The minimum atomic E-state index is -1.38. The number of benzene rings is 4. The highest BCUT2D eigenvalue weighted by atomic mass is 79.9. The van der Waals surface area contributed by atoms with Crippen molar-refractivity contribution in [2.24, 2.45) is 5.92 Å². The number of para-hydroxylation sites is 1. The van der Waals surface area contributed by atoms with Crippen molar-refractivity contribution in [2.45, 2.75) is 17.5 Å². The molecule has 0 saturated carbocycles. The molecule has 1 fully saturated rings. The van der Waals surface area contributed by atoms with Gasteiger partial charge in [-0.05, 0) is 71.8 Å². The third-order valence-electron chi connectivity index (χ3n) is 8.65. The molecule has 42 heavy (non-hydrogen) atoms. The van der Waals surface area contributed by atoms with Gasteiger partial charge in [0.2, 0.25) is 5.91 Å². The highest BCUT2D eigenvalue weighted by Gasteiger charge is 2.70. The maximum Gasteiger partial charge on any atom is 0.238 e. The van der Waals surface area contributed by atoms with Gasteiger partial charge in [-0.2, -0.15) is 0 Å². The van der Waals surface area contributed by atoms with E-state index in [-0.39, 0.29) is 17.5 Å². The van der Waals surface area contributed by atoms with Crippen LogP contribution in [0.1, 0.15) is 31.8 Å². The molecule has 0 aromatic heterocycles. The maximum absolute atomic E-state index is 14.8. The number of hydrogen-bond acceptors (Lipinski definition) is 5. The molecule has 0 unspecified atom stereocenters. The Kier molecular flexibility index (Phi) is 6.33. The van der Waals surface area contributed by atoms with Gasteiger partial charge in [0.25, 0.3) is 0 Å². The van der Waals surface area contributed by atoms with Crippen LogP contribution < -0.4 is 15.0 Å². The summed E-state index contributed by atoms with van der Waals surface area (Å²) in [6.07, 6.45) is 3.86. The molecule has 208 valence electrons. The third kappa shape index (κ3) is 3.80. The second-order valence-electron chi connectivity index (χ2n) is 10.7. The number of Topliss-reactive ketones (excluding diaryl/α,β-unsaturated/α-hetero) is 2. The number of rotatable bonds is 5. The summed E-state index contributed by atoms with van der Waals surface area (Å²) >= 11 is 9.82. The van der Waals surface area contributed by atoms with E-state index >= 15 is 0 Å². The third-order valence-corrected chi connectivity index (χ3v) is 9.41. The zero-order valence-electron chi connectivity index (χ0n) is 22.4. The van der Waals surface area contributed by atoms with Crippen molar-refractivity contribution in [3.05, 3.63) is 129 Å². The molecular formula is C34H24BrClN2O4. The Morgan fingerprint density at radius 3 is 2.36 bits per heavy atom. The Hall–Kier alpha value is -4.20. The van der Waals surface area contributed by atoms with Crippen LogP contribution in [0, 0.1) is 5.92 Å². The van der Waals surface area contributed by atoms with Crippen molar-refractivity contribution in [2.75, 3.05) is 17.3 Å². The van der Waals surface area contributed by atoms with Crippen LogP contribution in [0.2, 0.25) is 5.02 Å². The lowest BCUT2D eigenvalue weighted by atomic mass is 9.64. The van der Waals surface area contributed by atoms with E-state index in [1.165, 1.54) is 0 Å².